The van der Waals surface area contributed by atoms with Crippen LogP contribution in [0.2, 0.25) is 0 Å². The summed E-state index contributed by atoms with van der Waals surface area (Å²) in [6.07, 6.45) is 3.09. The second-order valence-corrected chi connectivity index (χ2v) is 8.62. The van der Waals surface area contributed by atoms with Gasteiger partial charge in [0.1, 0.15) is 0 Å². The van der Waals surface area contributed by atoms with Gasteiger partial charge >= 0.3 is 0 Å². The van der Waals surface area contributed by atoms with Gasteiger partial charge in [-0.15, -0.1) is 35.9 Å². The first-order valence-corrected chi connectivity index (χ1v) is 10.7. The molecule has 5 rings (SSSR count). The van der Waals surface area contributed by atoms with Crippen molar-refractivity contribution in [3.05, 3.63) is 102 Å². The van der Waals surface area contributed by atoms with Crippen LogP contribution in [0.15, 0.2) is 84.8 Å². The molecule has 3 aromatic carbocycles. The molecule has 0 atom stereocenters. The monoisotopic (exact) mass is 613 g/mol. The number of carbonyl (C=O) groups excluding carboxylic acids is 1. The molecule has 1 heterocycles. The number of nitrogens with zero attached hydrogens (tertiary/aromatic N) is 1. The third-order valence-corrected chi connectivity index (χ3v) is 5.80. The van der Waals surface area contributed by atoms with E-state index in [1.54, 1.807) is 0 Å². The van der Waals surface area contributed by atoms with Gasteiger partial charge in [0, 0.05) is 37.8 Å². The number of fused-ring (bicyclic) bond motifs is 4. The SMILES string of the molecule is CC(=O)/C=C(/C)O.CC1(C)c2cc3ccccc3cc2-c2ccnc(-c3[c-]cccc3)c21.[Ir]. The van der Waals surface area contributed by atoms with Gasteiger partial charge in [-0.05, 0) is 70.8 Å². The molecule has 4 aromatic rings. The third-order valence-electron chi connectivity index (χ3n) is 5.80. The van der Waals surface area contributed by atoms with Crippen LogP contribution in [0.3, 0.4) is 0 Å². The number of carbonyl (C=O) groups is 1. The first kappa shape index (κ1) is 24.6. The molecule has 1 aliphatic rings. The number of allylic oxidation sites excluding steroid dienone is 2. The molecule has 0 saturated heterocycles. The zero-order valence-corrected chi connectivity index (χ0v) is 21.5. The molecule has 0 unspecified atom stereocenters. The Hall–Kier alpha value is -3.07. The van der Waals surface area contributed by atoms with Crippen molar-refractivity contribution in [2.45, 2.75) is 33.1 Å². The number of hydrogen-bond acceptors (Lipinski definition) is 3. The molecule has 169 valence electrons. The van der Waals surface area contributed by atoms with Crippen molar-refractivity contribution >= 4 is 16.6 Å². The van der Waals surface area contributed by atoms with Crippen molar-refractivity contribution in [2.75, 3.05) is 0 Å². The van der Waals surface area contributed by atoms with E-state index in [0.29, 0.717) is 0 Å². The van der Waals surface area contributed by atoms with E-state index in [1.165, 1.54) is 52.9 Å². The number of rotatable bonds is 2. The number of hydrogen-bond donors (Lipinski definition) is 1. The van der Waals surface area contributed by atoms with Crippen LogP contribution in [-0.2, 0) is 30.3 Å². The molecule has 3 nitrogen and oxygen atoms in total. The van der Waals surface area contributed by atoms with Crippen LogP contribution < -0.4 is 0 Å². The maximum absolute atomic E-state index is 10.0. The average Bonchev–Trinajstić information content (AvgIpc) is 2.99. The smallest absolute Gasteiger partial charge is 0.155 e. The fraction of sp³-hybridized carbons (Fsp3) is 0.172. The molecular weight excluding hydrogens is 587 g/mol. The minimum atomic E-state index is -0.125. The van der Waals surface area contributed by atoms with Gasteiger partial charge < -0.3 is 10.1 Å². The number of ketones is 1. The predicted octanol–water partition coefficient (Wildman–Crippen LogP) is 7.04. The first-order chi connectivity index (χ1) is 15.3. The Labute approximate surface area is 208 Å². The molecule has 33 heavy (non-hydrogen) atoms. The Kier molecular flexibility index (Phi) is 7.31. The summed E-state index contributed by atoms with van der Waals surface area (Å²) >= 11 is 0. The van der Waals surface area contributed by atoms with Crippen molar-refractivity contribution in [3.63, 3.8) is 0 Å². The summed E-state index contributed by atoms with van der Waals surface area (Å²) < 4.78 is 0. The summed E-state index contributed by atoms with van der Waals surface area (Å²) in [5, 5.41) is 10.9. The van der Waals surface area contributed by atoms with Crippen LogP contribution in [0.4, 0.5) is 0 Å². The fourth-order valence-electron chi connectivity index (χ4n) is 4.47. The molecule has 1 N–H and O–H groups in total. The molecule has 0 fully saturated rings. The summed E-state index contributed by atoms with van der Waals surface area (Å²) in [6.45, 7) is 7.46. The normalized spacial score (nSPS) is 13.3. The van der Waals surface area contributed by atoms with E-state index < -0.39 is 0 Å². The minimum Gasteiger partial charge on any atom is -0.512 e. The first-order valence-electron chi connectivity index (χ1n) is 10.7. The van der Waals surface area contributed by atoms with Crippen molar-refractivity contribution in [3.8, 4) is 22.4 Å². The Morgan fingerprint density at radius 1 is 0.970 bits per heavy atom. The molecule has 0 amide bonds. The number of aliphatic hydroxyl groups excluding tert-OH is 1. The van der Waals surface area contributed by atoms with E-state index >= 15 is 0 Å². The van der Waals surface area contributed by atoms with E-state index in [9.17, 15) is 4.79 Å². The largest absolute Gasteiger partial charge is 0.512 e. The maximum Gasteiger partial charge on any atom is 0.155 e. The Morgan fingerprint density at radius 2 is 1.64 bits per heavy atom. The van der Waals surface area contributed by atoms with Crippen molar-refractivity contribution < 1.29 is 30.0 Å². The van der Waals surface area contributed by atoms with Gasteiger partial charge in [0.15, 0.2) is 5.78 Å². The molecule has 1 radical (unpaired) electrons. The van der Waals surface area contributed by atoms with E-state index in [4.69, 9.17) is 10.1 Å². The van der Waals surface area contributed by atoms with Crippen LogP contribution in [-0.4, -0.2) is 15.9 Å². The zero-order valence-electron chi connectivity index (χ0n) is 19.1. The molecule has 0 bridgehead atoms. The molecule has 0 spiro atoms. The maximum atomic E-state index is 10.0. The fourth-order valence-corrected chi connectivity index (χ4v) is 4.47. The van der Waals surface area contributed by atoms with Gasteiger partial charge in [0.05, 0.1) is 5.76 Å². The number of benzene rings is 3. The molecule has 1 aliphatic carbocycles. The van der Waals surface area contributed by atoms with Gasteiger partial charge in [-0.1, -0.05) is 38.1 Å². The van der Waals surface area contributed by atoms with Gasteiger partial charge in [-0.2, -0.15) is 0 Å². The van der Waals surface area contributed by atoms with Crippen LogP contribution in [0.1, 0.15) is 38.8 Å². The minimum absolute atomic E-state index is 0. The number of pyridine rings is 1. The van der Waals surface area contributed by atoms with E-state index in [0.717, 1.165) is 11.3 Å². The Morgan fingerprint density at radius 3 is 2.21 bits per heavy atom. The van der Waals surface area contributed by atoms with Crippen molar-refractivity contribution in [1.82, 2.24) is 4.98 Å². The topological polar surface area (TPSA) is 50.2 Å². The van der Waals surface area contributed by atoms with Crippen LogP contribution in [0.5, 0.6) is 0 Å². The summed E-state index contributed by atoms with van der Waals surface area (Å²) in [4.78, 5) is 14.8. The molecule has 1 aromatic heterocycles. The predicted molar refractivity (Wildman–Crippen MR) is 131 cm³/mol. The molecule has 0 aliphatic heterocycles. The molecule has 4 heteroatoms. The third kappa shape index (κ3) is 4.83. The molecule has 0 saturated carbocycles. The van der Waals surface area contributed by atoms with Crippen LogP contribution >= 0.6 is 0 Å². The van der Waals surface area contributed by atoms with Crippen LogP contribution in [0.25, 0.3) is 33.2 Å². The van der Waals surface area contributed by atoms with Gasteiger partial charge in [-0.3, -0.25) is 4.79 Å². The Balaban J connectivity index is 0.000000337. The number of aromatic nitrogens is 1. The van der Waals surface area contributed by atoms with E-state index in [1.807, 2.05) is 18.3 Å². The van der Waals surface area contributed by atoms with Gasteiger partial charge in [-0.25, -0.2) is 0 Å². The van der Waals surface area contributed by atoms with Crippen molar-refractivity contribution in [2.24, 2.45) is 0 Å². The van der Waals surface area contributed by atoms with Gasteiger partial charge in [0.2, 0.25) is 0 Å². The summed E-state index contributed by atoms with van der Waals surface area (Å²) in [5.74, 6) is -0.0625. The van der Waals surface area contributed by atoms with E-state index in [2.05, 4.69) is 74.5 Å². The van der Waals surface area contributed by atoms with Crippen molar-refractivity contribution in [1.29, 1.82) is 0 Å². The summed E-state index contributed by atoms with van der Waals surface area (Å²) in [6, 6.07) is 26.9. The molecular formula is C29H26IrNO2-. The average molecular weight is 613 g/mol. The summed E-state index contributed by atoms with van der Waals surface area (Å²) in [5.41, 5.74) is 7.34. The quantitative estimate of drug-likeness (QED) is 0.150. The Bertz CT molecular complexity index is 1340. The second kappa shape index (κ2) is 9.82. The number of aliphatic hydroxyl groups is 1. The standard InChI is InChI=1S/C24H18N.C5H8O2.Ir/c1-24(2)21-15-18-11-7-6-10-17(18)14-20(21)19-12-13-25-23(22(19)24)16-8-4-3-5-9-16;1-4(6)3-5(2)7;/h3-8,10-15H,1-2H3;3,6H,1-2H3;/q-1;;/b;4-3-;. The zero-order chi connectivity index (χ0) is 22.9. The second-order valence-electron chi connectivity index (χ2n) is 8.62. The van der Waals surface area contributed by atoms with Crippen LogP contribution in [0, 0.1) is 6.07 Å². The van der Waals surface area contributed by atoms with E-state index in [-0.39, 0.29) is 37.1 Å². The van der Waals surface area contributed by atoms with Gasteiger partial charge in [0.25, 0.3) is 0 Å². The summed E-state index contributed by atoms with van der Waals surface area (Å²) in [7, 11) is 0.